The molecule has 73 heavy (non-hydrogen) atoms. The van der Waals surface area contributed by atoms with Crippen LogP contribution >= 0.6 is 22.9 Å². The standard InChI is InChI=1S/C54H70ClN9O7S2/c1-32(2)71-45-27-40(34(5)25-43(45)60-53-57-29-41(55)50(62-53)59-42-13-10-11-14-46(42)73(69,70)33(3)4)37-20-23-63(24-21-37)22-12-15-47(66)61-49(54(7,8)9)52(68)64-30-39(65)26-44(64)51(67)56-28-36-16-18-38(19-17-36)48-35(6)58-31-72-48/h10-11,13-14,16-19,25,27,29,31-33,37,39,44,49,65H,12,15,20-24,26,28,30H2,1-9H3,(H,56,67)(H,61,66)(H2,57,59,60,62)/t39-,44+,49?/m1/s1. The second-order valence-corrected chi connectivity index (χ2v) is 24.5. The molecule has 0 spiro atoms. The molecule has 0 bridgehead atoms. The number of carbonyl (C=O) groups is 3. The number of aliphatic hydroxyl groups is 1. The number of nitrogens with one attached hydrogen (secondary N) is 4. The number of aliphatic hydroxyl groups excluding tert-OH is 1. The number of sulfone groups is 1. The molecular formula is C54H70ClN9O7S2. The van der Waals surface area contributed by atoms with Crippen molar-refractivity contribution >= 4 is 73.6 Å². The van der Waals surface area contributed by atoms with Crippen LogP contribution in [0.25, 0.3) is 10.4 Å². The first-order chi connectivity index (χ1) is 34.6. The number of thiazole rings is 1. The summed E-state index contributed by atoms with van der Waals surface area (Å²) in [6.07, 6.45) is 3.28. The van der Waals surface area contributed by atoms with Gasteiger partial charge in [0.15, 0.2) is 15.7 Å². The lowest BCUT2D eigenvalue weighted by Crippen LogP contribution is -2.57. The van der Waals surface area contributed by atoms with Crippen LogP contribution < -0.4 is 26.0 Å². The number of likely N-dealkylation sites (tertiary alicyclic amines) is 2. The molecule has 16 nitrogen and oxygen atoms in total. The molecule has 2 saturated heterocycles. The van der Waals surface area contributed by atoms with E-state index < -0.39 is 38.7 Å². The molecule has 0 saturated carbocycles. The van der Waals surface area contributed by atoms with Gasteiger partial charge in [0.25, 0.3) is 0 Å². The van der Waals surface area contributed by atoms with Gasteiger partial charge >= 0.3 is 0 Å². The Labute approximate surface area is 439 Å². The highest BCUT2D eigenvalue weighted by molar-refractivity contribution is 7.92. The molecule has 2 aliphatic heterocycles. The van der Waals surface area contributed by atoms with Gasteiger partial charge in [0.1, 0.15) is 22.9 Å². The molecule has 2 aliphatic rings. The highest BCUT2D eigenvalue weighted by atomic mass is 35.5. The van der Waals surface area contributed by atoms with Crippen molar-refractivity contribution in [2.75, 3.05) is 36.8 Å². The predicted molar refractivity (Wildman–Crippen MR) is 289 cm³/mol. The van der Waals surface area contributed by atoms with Crippen molar-refractivity contribution in [2.24, 2.45) is 5.41 Å². The highest BCUT2D eigenvalue weighted by Crippen LogP contribution is 2.39. The molecule has 3 amide bonds. The van der Waals surface area contributed by atoms with E-state index in [-0.39, 0.29) is 77.4 Å². The average molecular weight is 1060 g/mol. The summed E-state index contributed by atoms with van der Waals surface area (Å²) in [5.41, 5.74) is 7.40. The average Bonchev–Trinajstić information content (AvgIpc) is 3.96. The molecule has 2 fully saturated rings. The Kier molecular flexibility index (Phi) is 17.9. The van der Waals surface area contributed by atoms with Crippen LogP contribution in [0.5, 0.6) is 5.75 Å². The molecule has 1 unspecified atom stereocenters. The number of nitrogens with zero attached hydrogens (tertiary/aromatic N) is 5. The molecule has 5 N–H and O–H groups in total. The minimum atomic E-state index is -3.60. The summed E-state index contributed by atoms with van der Waals surface area (Å²) in [4.78, 5) is 59.7. The first-order valence-electron chi connectivity index (χ1n) is 25.1. The number of β-amino-alcohol motifs (C(OH)–C–C–N with tert-alkyl or cyclic N) is 1. The minimum Gasteiger partial charge on any atom is -0.489 e. The van der Waals surface area contributed by atoms with Crippen molar-refractivity contribution in [3.63, 3.8) is 0 Å². The van der Waals surface area contributed by atoms with E-state index in [2.05, 4.69) is 54.1 Å². The Morgan fingerprint density at radius 2 is 1.67 bits per heavy atom. The van der Waals surface area contributed by atoms with E-state index in [1.807, 2.05) is 77.4 Å². The monoisotopic (exact) mass is 1060 g/mol. The van der Waals surface area contributed by atoms with Crippen LogP contribution in [-0.2, 0) is 30.8 Å². The number of halogens is 1. The van der Waals surface area contributed by atoms with Crippen LogP contribution in [0.3, 0.4) is 0 Å². The van der Waals surface area contributed by atoms with E-state index in [0.717, 1.165) is 59.7 Å². The van der Waals surface area contributed by atoms with Crippen molar-refractivity contribution in [3.8, 4) is 16.2 Å². The van der Waals surface area contributed by atoms with Crippen molar-refractivity contribution in [1.82, 2.24) is 35.4 Å². The number of hydrogen-bond donors (Lipinski definition) is 5. The molecule has 0 aliphatic carbocycles. The van der Waals surface area contributed by atoms with E-state index in [1.165, 1.54) is 16.7 Å². The summed E-state index contributed by atoms with van der Waals surface area (Å²) in [6.45, 7) is 19.6. The number of benzene rings is 3. The van der Waals surface area contributed by atoms with Gasteiger partial charge in [0.2, 0.25) is 23.7 Å². The van der Waals surface area contributed by atoms with Gasteiger partial charge in [-0.1, -0.05) is 68.8 Å². The maximum absolute atomic E-state index is 14.2. The van der Waals surface area contributed by atoms with Crippen molar-refractivity contribution in [2.45, 2.75) is 141 Å². The Bertz CT molecular complexity index is 2860. The number of aryl methyl sites for hydroxylation is 2. The number of ether oxygens (including phenoxy) is 1. The molecule has 392 valence electrons. The van der Waals surface area contributed by atoms with Gasteiger partial charge in [-0.3, -0.25) is 14.4 Å². The fraction of sp³-hybridized carbons (Fsp3) is 0.481. The third kappa shape index (κ3) is 13.7. The lowest BCUT2D eigenvalue weighted by Gasteiger charge is -2.35. The number of piperidine rings is 1. The quantitative estimate of drug-likeness (QED) is 0.0524. The Hall–Kier alpha value is -5.66. The Morgan fingerprint density at radius 3 is 2.33 bits per heavy atom. The molecule has 7 rings (SSSR count). The van der Waals surface area contributed by atoms with Gasteiger partial charge in [0.05, 0.1) is 56.0 Å². The number of hydrogen-bond acceptors (Lipinski definition) is 14. The van der Waals surface area contributed by atoms with Crippen molar-refractivity contribution in [1.29, 1.82) is 0 Å². The van der Waals surface area contributed by atoms with Crippen LogP contribution in [0.1, 0.15) is 109 Å². The van der Waals surface area contributed by atoms with E-state index >= 15 is 0 Å². The second kappa shape index (κ2) is 23.7. The summed E-state index contributed by atoms with van der Waals surface area (Å²) in [6, 6.07) is 17.0. The van der Waals surface area contributed by atoms with Crippen LogP contribution in [0.4, 0.5) is 23.1 Å². The van der Waals surface area contributed by atoms with Gasteiger partial charge in [-0.05, 0) is 138 Å². The first-order valence-corrected chi connectivity index (χ1v) is 27.9. The number of aromatic nitrogens is 3. The minimum absolute atomic E-state index is 0.00937. The number of carbonyl (C=O) groups excluding carboxylic acids is 3. The van der Waals surface area contributed by atoms with E-state index in [0.29, 0.717) is 23.5 Å². The van der Waals surface area contributed by atoms with Gasteiger partial charge in [-0.25, -0.2) is 18.4 Å². The summed E-state index contributed by atoms with van der Waals surface area (Å²) < 4.78 is 32.6. The summed E-state index contributed by atoms with van der Waals surface area (Å²) in [5, 5.41) is 22.7. The van der Waals surface area contributed by atoms with Crippen molar-refractivity contribution < 1.29 is 32.6 Å². The number of rotatable bonds is 19. The lowest BCUT2D eigenvalue weighted by molar-refractivity contribution is -0.144. The Balaban J connectivity index is 0.916. The Morgan fingerprint density at radius 1 is 0.959 bits per heavy atom. The molecule has 2 aromatic heterocycles. The lowest BCUT2D eigenvalue weighted by atomic mass is 9.85. The van der Waals surface area contributed by atoms with Gasteiger partial charge < -0.3 is 40.9 Å². The zero-order valence-electron chi connectivity index (χ0n) is 43.3. The maximum atomic E-state index is 14.2. The van der Waals surface area contributed by atoms with Crippen molar-refractivity contribution in [3.05, 3.63) is 99.8 Å². The molecule has 3 atom stereocenters. The van der Waals surface area contributed by atoms with Gasteiger partial charge in [0, 0.05) is 25.9 Å². The molecule has 3 aromatic carbocycles. The first kappa shape index (κ1) is 55.1. The molecular weight excluding hydrogens is 986 g/mol. The van der Waals surface area contributed by atoms with Gasteiger partial charge in [-0.2, -0.15) is 4.98 Å². The molecule has 0 radical (unpaired) electrons. The maximum Gasteiger partial charge on any atom is 0.246 e. The fourth-order valence-corrected chi connectivity index (χ4v) is 11.5. The number of amides is 3. The van der Waals surface area contributed by atoms with E-state index in [1.54, 1.807) is 49.4 Å². The predicted octanol–water partition coefficient (Wildman–Crippen LogP) is 9.10. The van der Waals surface area contributed by atoms with Crippen LogP contribution in [0, 0.1) is 19.3 Å². The third-order valence-corrected chi connectivity index (χ3v) is 16.9. The third-order valence-electron chi connectivity index (χ3n) is 13.4. The highest BCUT2D eigenvalue weighted by Gasteiger charge is 2.44. The summed E-state index contributed by atoms with van der Waals surface area (Å²) in [5.74, 6) is 0.460. The normalized spacial score (nSPS) is 17.2. The molecule has 4 heterocycles. The van der Waals surface area contributed by atoms with Gasteiger partial charge in [-0.15, -0.1) is 11.3 Å². The summed E-state index contributed by atoms with van der Waals surface area (Å²) in [7, 11) is -3.60. The van der Waals surface area contributed by atoms with E-state index in [9.17, 15) is 27.9 Å². The fourth-order valence-electron chi connectivity index (χ4n) is 9.37. The number of para-hydroxylation sites is 1. The molecule has 19 heteroatoms. The smallest absolute Gasteiger partial charge is 0.246 e. The topological polar surface area (TPSA) is 208 Å². The van der Waals surface area contributed by atoms with Crippen LogP contribution in [-0.4, -0.2) is 112 Å². The largest absolute Gasteiger partial charge is 0.489 e. The molecule has 5 aromatic rings. The number of anilines is 4. The summed E-state index contributed by atoms with van der Waals surface area (Å²) >= 11 is 8.11. The zero-order chi connectivity index (χ0) is 52.8. The van der Waals surface area contributed by atoms with Crippen LogP contribution in [0.15, 0.2) is 77.3 Å². The van der Waals surface area contributed by atoms with E-state index in [4.69, 9.17) is 16.3 Å². The second-order valence-electron chi connectivity index (χ2n) is 20.8. The zero-order valence-corrected chi connectivity index (χ0v) is 45.7. The SMILES string of the molecule is Cc1cc(Nc2ncc(Cl)c(Nc3ccccc3S(=O)(=O)C(C)C)n2)c(OC(C)C)cc1C1CCN(CCCC(=O)NC(C(=O)N2C[C@H](O)C[C@H]2C(=O)NCc2ccc(-c3scnc3C)cc2)C(C)(C)C)CC1. The van der Waals surface area contributed by atoms with Crippen LogP contribution in [0.2, 0.25) is 5.02 Å².